The second-order valence-corrected chi connectivity index (χ2v) is 7.96. The van der Waals surface area contributed by atoms with E-state index in [9.17, 15) is 14.7 Å². The molecule has 0 spiro atoms. The Kier molecular flexibility index (Phi) is 5.08. The van der Waals surface area contributed by atoms with Gasteiger partial charge in [0.2, 0.25) is 0 Å². The van der Waals surface area contributed by atoms with Crippen LogP contribution in [0, 0.1) is 0 Å². The summed E-state index contributed by atoms with van der Waals surface area (Å²) in [6.07, 6.45) is -0.0633. The lowest BCUT2D eigenvalue weighted by atomic mass is 10.0. The number of thiophene rings is 1. The van der Waals surface area contributed by atoms with E-state index in [4.69, 9.17) is 5.11 Å². The average Bonchev–Trinajstić information content (AvgIpc) is 3.26. The van der Waals surface area contributed by atoms with Gasteiger partial charge in [0.1, 0.15) is 4.83 Å². The van der Waals surface area contributed by atoms with Crippen LogP contribution in [0.3, 0.4) is 0 Å². The molecule has 0 aliphatic heterocycles. The highest BCUT2D eigenvalue weighted by Crippen LogP contribution is 2.34. The second-order valence-electron chi connectivity index (χ2n) is 6.93. The van der Waals surface area contributed by atoms with Crippen LogP contribution in [0.5, 0.6) is 0 Å². The van der Waals surface area contributed by atoms with Gasteiger partial charge in [0.15, 0.2) is 0 Å². The molecular weight excluding hydrogens is 388 g/mol. The van der Waals surface area contributed by atoms with Gasteiger partial charge in [-0.05, 0) is 23.3 Å². The molecule has 148 valence electrons. The molecule has 0 aliphatic carbocycles. The van der Waals surface area contributed by atoms with E-state index in [0.29, 0.717) is 10.4 Å². The van der Waals surface area contributed by atoms with E-state index in [1.807, 2.05) is 31.3 Å². The number of aliphatic hydroxyl groups excluding tert-OH is 1. The summed E-state index contributed by atoms with van der Waals surface area (Å²) in [7, 11) is 1.98. The van der Waals surface area contributed by atoms with Crippen molar-refractivity contribution in [3.05, 3.63) is 70.6 Å². The van der Waals surface area contributed by atoms with Crippen LogP contribution in [0.15, 0.2) is 54.6 Å². The van der Waals surface area contributed by atoms with Gasteiger partial charge in [-0.2, -0.15) is 0 Å². The fourth-order valence-corrected chi connectivity index (χ4v) is 4.60. The third-order valence-electron chi connectivity index (χ3n) is 5.02. The number of aliphatic hydroxyl groups is 1. The fourth-order valence-electron chi connectivity index (χ4n) is 3.54. The van der Waals surface area contributed by atoms with Gasteiger partial charge in [0.05, 0.1) is 23.9 Å². The zero-order valence-electron chi connectivity index (χ0n) is 15.8. The molecule has 29 heavy (non-hydrogen) atoms. The van der Waals surface area contributed by atoms with E-state index in [2.05, 4.69) is 16.0 Å². The van der Waals surface area contributed by atoms with Crippen LogP contribution in [-0.4, -0.2) is 33.3 Å². The summed E-state index contributed by atoms with van der Waals surface area (Å²) in [6, 6.07) is 16.3. The number of carboxylic acid groups (broad SMARTS) is 1. The summed E-state index contributed by atoms with van der Waals surface area (Å²) in [5.74, 6) is -1.15. The maximum atomic E-state index is 12.8. The Morgan fingerprint density at radius 2 is 1.83 bits per heavy atom. The minimum Gasteiger partial charge on any atom is -0.481 e. The Hall–Kier alpha value is -3.16. The van der Waals surface area contributed by atoms with Crippen molar-refractivity contribution >= 4 is 44.3 Å². The van der Waals surface area contributed by atoms with E-state index < -0.39 is 12.0 Å². The monoisotopic (exact) mass is 408 g/mol. The number of carbonyl (C=O) groups excluding carboxylic acids is 1. The average molecular weight is 408 g/mol. The lowest BCUT2D eigenvalue weighted by Crippen LogP contribution is -2.30. The molecule has 0 fully saturated rings. The minimum absolute atomic E-state index is 0.0633. The van der Waals surface area contributed by atoms with Gasteiger partial charge >= 0.3 is 5.97 Å². The number of aromatic nitrogens is 1. The van der Waals surface area contributed by atoms with E-state index in [0.717, 1.165) is 26.7 Å². The third-order valence-corrected chi connectivity index (χ3v) is 6.23. The quantitative estimate of drug-likeness (QED) is 0.455. The Morgan fingerprint density at radius 3 is 2.52 bits per heavy atom. The molecule has 0 saturated heterocycles. The zero-order chi connectivity index (χ0) is 20.5. The highest BCUT2D eigenvalue weighted by molar-refractivity contribution is 7.20. The van der Waals surface area contributed by atoms with Crippen LogP contribution < -0.4 is 5.32 Å². The molecule has 4 aromatic rings. The number of aryl methyl sites for hydroxylation is 1. The first kappa shape index (κ1) is 19.2. The number of nitrogens with one attached hydrogen (secondary N) is 1. The largest absolute Gasteiger partial charge is 0.481 e. The molecular formula is C22H20N2O4S. The molecule has 6 nitrogen and oxygen atoms in total. The SMILES string of the molecule is Cn1c2ccccc2c2cc(C(=O)N[C@H](CO)c3ccc(CC(=O)O)cc3)sc21. The first-order chi connectivity index (χ1) is 14.0. The fraction of sp³-hybridized carbons (Fsp3) is 0.182. The maximum absolute atomic E-state index is 12.8. The first-order valence-corrected chi connectivity index (χ1v) is 9.99. The zero-order valence-corrected chi connectivity index (χ0v) is 16.6. The molecule has 4 rings (SSSR count). The number of rotatable bonds is 6. The number of nitrogens with zero attached hydrogens (tertiary/aromatic N) is 1. The lowest BCUT2D eigenvalue weighted by molar-refractivity contribution is -0.136. The van der Waals surface area contributed by atoms with E-state index >= 15 is 0 Å². The van der Waals surface area contributed by atoms with Crippen molar-refractivity contribution in [2.45, 2.75) is 12.5 Å². The van der Waals surface area contributed by atoms with Crippen molar-refractivity contribution in [1.82, 2.24) is 9.88 Å². The molecule has 3 N–H and O–H groups in total. The molecule has 2 aromatic heterocycles. The Bertz CT molecular complexity index is 1210. The Balaban J connectivity index is 1.57. The number of hydrogen-bond donors (Lipinski definition) is 3. The van der Waals surface area contributed by atoms with Crippen molar-refractivity contribution in [1.29, 1.82) is 0 Å². The first-order valence-electron chi connectivity index (χ1n) is 9.17. The predicted molar refractivity (Wildman–Crippen MR) is 113 cm³/mol. The number of para-hydroxylation sites is 1. The normalized spacial score (nSPS) is 12.3. The van der Waals surface area contributed by atoms with Crippen LogP contribution in [-0.2, 0) is 18.3 Å². The van der Waals surface area contributed by atoms with Gasteiger partial charge in [-0.1, -0.05) is 42.5 Å². The topological polar surface area (TPSA) is 91.6 Å². The highest BCUT2D eigenvalue weighted by Gasteiger charge is 2.19. The number of carbonyl (C=O) groups is 2. The predicted octanol–water partition coefficient (Wildman–Crippen LogP) is 3.48. The highest BCUT2D eigenvalue weighted by atomic mass is 32.1. The smallest absolute Gasteiger partial charge is 0.307 e. The second kappa shape index (κ2) is 7.69. The Morgan fingerprint density at radius 1 is 1.10 bits per heavy atom. The summed E-state index contributed by atoms with van der Waals surface area (Å²) in [5.41, 5.74) is 2.51. The Labute approximate surface area is 171 Å². The van der Waals surface area contributed by atoms with Crippen molar-refractivity contribution in [3.8, 4) is 0 Å². The van der Waals surface area contributed by atoms with Gasteiger partial charge in [0, 0.05) is 23.3 Å². The molecule has 7 heteroatoms. The van der Waals surface area contributed by atoms with E-state index in [1.54, 1.807) is 24.3 Å². The van der Waals surface area contributed by atoms with Crippen molar-refractivity contribution in [3.63, 3.8) is 0 Å². The number of fused-ring (bicyclic) bond motifs is 3. The van der Waals surface area contributed by atoms with Gasteiger partial charge < -0.3 is 20.1 Å². The van der Waals surface area contributed by atoms with Gasteiger partial charge in [-0.15, -0.1) is 11.3 Å². The molecule has 0 unspecified atom stereocenters. The van der Waals surface area contributed by atoms with Crippen molar-refractivity contribution in [2.24, 2.45) is 7.05 Å². The number of amides is 1. The summed E-state index contributed by atoms with van der Waals surface area (Å²) in [5, 5.41) is 23.6. The van der Waals surface area contributed by atoms with Gasteiger partial charge in [-0.3, -0.25) is 9.59 Å². The van der Waals surface area contributed by atoms with E-state index in [-0.39, 0.29) is 18.9 Å². The minimum atomic E-state index is -0.901. The summed E-state index contributed by atoms with van der Waals surface area (Å²) in [4.78, 5) is 25.2. The van der Waals surface area contributed by atoms with Crippen LogP contribution in [0.2, 0.25) is 0 Å². The lowest BCUT2D eigenvalue weighted by Gasteiger charge is -2.16. The summed E-state index contributed by atoms with van der Waals surface area (Å²) < 4.78 is 2.08. The molecule has 0 radical (unpaired) electrons. The van der Waals surface area contributed by atoms with Crippen LogP contribution >= 0.6 is 11.3 Å². The molecule has 2 heterocycles. The van der Waals surface area contributed by atoms with Crippen molar-refractivity contribution < 1.29 is 19.8 Å². The number of carboxylic acids is 1. The van der Waals surface area contributed by atoms with Crippen molar-refractivity contribution in [2.75, 3.05) is 6.61 Å². The van der Waals surface area contributed by atoms with Gasteiger partial charge in [0.25, 0.3) is 5.91 Å². The van der Waals surface area contributed by atoms with E-state index in [1.165, 1.54) is 11.3 Å². The number of benzene rings is 2. The van der Waals surface area contributed by atoms with Crippen LogP contribution in [0.4, 0.5) is 0 Å². The standard InChI is InChI=1S/C22H20N2O4S/c1-24-18-5-3-2-4-15(18)16-11-19(29-22(16)24)21(28)23-17(12-25)14-8-6-13(7-9-14)10-20(26)27/h2-9,11,17,25H,10,12H2,1H3,(H,23,28)(H,26,27)/t17-/m1/s1. The maximum Gasteiger partial charge on any atom is 0.307 e. The van der Waals surface area contributed by atoms with Crippen LogP contribution in [0.1, 0.15) is 26.8 Å². The molecule has 1 amide bonds. The number of aliphatic carboxylic acids is 1. The molecule has 1 atom stereocenters. The van der Waals surface area contributed by atoms with Crippen LogP contribution in [0.25, 0.3) is 21.1 Å². The molecule has 0 saturated carbocycles. The van der Waals surface area contributed by atoms with Gasteiger partial charge in [-0.25, -0.2) is 0 Å². The summed E-state index contributed by atoms with van der Waals surface area (Å²) >= 11 is 1.42. The third kappa shape index (κ3) is 3.62. The molecule has 2 aromatic carbocycles. The molecule has 0 aliphatic rings. The molecule has 0 bridgehead atoms. The number of hydrogen-bond acceptors (Lipinski definition) is 4. The summed E-state index contributed by atoms with van der Waals surface area (Å²) in [6.45, 7) is -0.252.